The number of nitrogens with zero attached hydrogens (tertiary/aromatic N) is 3. The van der Waals surface area contributed by atoms with Crippen LogP contribution in [0.25, 0.3) is 0 Å². The average Bonchev–Trinajstić information content (AvgIpc) is 3.39. The molecule has 3 aromatic rings. The molecule has 9 nitrogen and oxygen atoms in total. The molecule has 2 atom stereocenters. The van der Waals surface area contributed by atoms with Crippen molar-refractivity contribution >= 4 is 34.4 Å². The lowest BCUT2D eigenvalue weighted by Gasteiger charge is -2.18. The van der Waals surface area contributed by atoms with Gasteiger partial charge in [0.05, 0.1) is 23.6 Å². The van der Waals surface area contributed by atoms with E-state index in [1.807, 2.05) is 19.9 Å². The summed E-state index contributed by atoms with van der Waals surface area (Å²) in [7, 11) is 3.26. The lowest BCUT2D eigenvalue weighted by Crippen LogP contribution is -2.23. The number of aryl methyl sites for hydroxylation is 1. The second-order valence-electron chi connectivity index (χ2n) is 8.33. The molecule has 1 unspecified atom stereocenters. The van der Waals surface area contributed by atoms with Crippen LogP contribution in [0.2, 0.25) is 0 Å². The van der Waals surface area contributed by atoms with Gasteiger partial charge in [0.1, 0.15) is 5.76 Å². The van der Waals surface area contributed by atoms with Gasteiger partial charge in [0, 0.05) is 22.8 Å². The Hall–Kier alpha value is -3.11. The van der Waals surface area contributed by atoms with Gasteiger partial charge in [0.15, 0.2) is 16.9 Å². The second-order valence-corrected chi connectivity index (χ2v) is 9.15. The van der Waals surface area contributed by atoms with Crippen LogP contribution >= 0.6 is 11.1 Å². The van der Waals surface area contributed by atoms with Crippen LogP contribution in [-0.2, 0) is 6.42 Å². The summed E-state index contributed by atoms with van der Waals surface area (Å²) in [6.07, 6.45) is 3.02. The van der Waals surface area contributed by atoms with Crippen LogP contribution in [0, 0.1) is 0 Å². The van der Waals surface area contributed by atoms with Gasteiger partial charge >= 0.3 is 0 Å². The summed E-state index contributed by atoms with van der Waals surface area (Å²) in [5.41, 5.74) is 2.32. The Morgan fingerprint density at radius 1 is 1.24 bits per heavy atom. The van der Waals surface area contributed by atoms with Crippen molar-refractivity contribution in [2.45, 2.75) is 52.5 Å². The molecule has 1 aromatic carbocycles. The third-order valence-corrected chi connectivity index (χ3v) is 6.13. The topological polar surface area (TPSA) is 127 Å². The maximum Gasteiger partial charge on any atom is 0.257 e. The fraction of sp³-hybridized carbons (Fsp3) is 0.435. The summed E-state index contributed by atoms with van der Waals surface area (Å²) in [6, 6.07) is 5.23. The molecule has 0 bridgehead atoms. The normalized spacial score (nSPS) is 12.7. The van der Waals surface area contributed by atoms with Crippen molar-refractivity contribution < 1.29 is 18.9 Å². The number of carbonyl (C=O) groups is 1. The first-order valence-corrected chi connectivity index (χ1v) is 12.0. The van der Waals surface area contributed by atoms with Gasteiger partial charge in [-0.2, -0.15) is 0 Å². The largest absolute Gasteiger partial charge is 0.546 e. The summed E-state index contributed by atoms with van der Waals surface area (Å²) in [5.74, 6) is 1.10. The molecule has 10 heteroatoms. The first-order chi connectivity index (χ1) is 15.7. The number of anilines is 3. The van der Waals surface area contributed by atoms with Crippen molar-refractivity contribution in [2.24, 2.45) is 0 Å². The molecular weight excluding hydrogens is 442 g/mol. The van der Waals surface area contributed by atoms with Gasteiger partial charge in [-0.15, -0.1) is 0 Å². The zero-order valence-electron chi connectivity index (χ0n) is 19.8. The molecule has 0 aliphatic rings. The van der Waals surface area contributed by atoms with E-state index in [1.165, 1.54) is 4.90 Å². The molecule has 0 fully saturated rings. The number of hydrogen-bond donors (Lipinski definition) is 3. The molecule has 2 heterocycles. The van der Waals surface area contributed by atoms with E-state index in [2.05, 4.69) is 33.2 Å². The lowest BCUT2D eigenvalue weighted by atomic mass is 10.0. The molecular formula is C23H31N5O4S. The minimum Gasteiger partial charge on any atom is -0.546 e. The van der Waals surface area contributed by atoms with E-state index in [9.17, 15) is 14.5 Å². The Balaban J connectivity index is 1.92. The number of hydrogen-bond acceptors (Lipinski definition) is 8. The summed E-state index contributed by atoms with van der Waals surface area (Å²) in [5, 5.41) is 17.1. The van der Waals surface area contributed by atoms with E-state index in [4.69, 9.17) is 4.42 Å². The van der Waals surface area contributed by atoms with Crippen molar-refractivity contribution in [1.82, 2.24) is 13.6 Å². The highest BCUT2D eigenvalue weighted by atomic mass is 32.2. The number of furan rings is 1. The molecule has 0 aliphatic heterocycles. The third-order valence-electron chi connectivity index (χ3n) is 5.45. The number of rotatable bonds is 9. The van der Waals surface area contributed by atoms with Crippen molar-refractivity contribution in [3.05, 3.63) is 46.9 Å². The SMILES string of the molecule is CCc1ccc(Nc2n[s+]([O-])nc2N[C@H](CC)c2cc(C(C)C)co2)c(O)c1C(=O)N(C)C. The van der Waals surface area contributed by atoms with Crippen LogP contribution < -0.4 is 10.6 Å². The van der Waals surface area contributed by atoms with Crippen LogP contribution in [0.1, 0.15) is 73.3 Å². The molecule has 1 amide bonds. The third kappa shape index (κ3) is 5.28. The smallest absolute Gasteiger partial charge is 0.257 e. The van der Waals surface area contributed by atoms with Gasteiger partial charge in [0.2, 0.25) is 11.6 Å². The maximum atomic E-state index is 12.7. The fourth-order valence-electron chi connectivity index (χ4n) is 3.45. The number of aromatic nitrogens is 2. The van der Waals surface area contributed by atoms with E-state index in [1.54, 1.807) is 32.5 Å². The van der Waals surface area contributed by atoms with Gasteiger partial charge in [-0.3, -0.25) is 4.79 Å². The van der Waals surface area contributed by atoms with E-state index in [0.717, 1.165) is 16.9 Å². The molecule has 2 aromatic heterocycles. The Morgan fingerprint density at radius 3 is 2.52 bits per heavy atom. The van der Waals surface area contributed by atoms with Gasteiger partial charge in [0.25, 0.3) is 5.91 Å². The van der Waals surface area contributed by atoms with Crippen molar-refractivity contribution in [3.8, 4) is 5.75 Å². The number of phenolic OH excluding ortho intramolecular Hbond substituents is 1. The zero-order valence-corrected chi connectivity index (χ0v) is 20.6. The number of amides is 1. The Morgan fingerprint density at radius 2 is 1.94 bits per heavy atom. The Kier molecular flexibility index (Phi) is 7.60. The van der Waals surface area contributed by atoms with Crippen molar-refractivity contribution in [2.75, 3.05) is 24.7 Å². The molecule has 0 saturated heterocycles. The molecule has 0 aliphatic carbocycles. The number of benzene rings is 1. The minimum atomic E-state index is -1.80. The average molecular weight is 474 g/mol. The van der Waals surface area contributed by atoms with E-state index in [-0.39, 0.29) is 34.8 Å². The highest BCUT2D eigenvalue weighted by Crippen LogP contribution is 2.37. The van der Waals surface area contributed by atoms with Crippen LogP contribution in [0.5, 0.6) is 5.75 Å². The van der Waals surface area contributed by atoms with E-state index >= 15 is 0 Å². The van der Waals surface area contributed by atoms with Crippen LogP contribution in [0.15, 0.2) is 28.9 Å². The zero-order chi connectivity index (χ0) is 24.3. The number of phenols is 1. The fourth-order valence-corrected chi connectivity index (χ4v) is 4.08. The Labute approximate surface area is 197 Å². The molecule has 33 heavy (non-hydrogen) atoms. The summed E-state index contributed by atoms with van der Waals surface area (Å²) in [4.78, 5) is 14.1. The highest BCUT2D eigenvalue weighted by Gasteiger charge is 2.25. The minimum absolute atomic E-state index is 0.188. The summed E-state index contributed by atoms with van der Waals surface area (Å²) < 4.78 is 26.0. The maximum absolute atomic E-state index is 12.7. The van der Waals surface area contributed by atoms with Crippen LogP contribution in [-0.4, -0.2) is 43.3 Å². The van der Waals surface area contributed by atoms with Gasteiger partial charge in [-0.25, -0.2) is 0 Å². The molecule has 0 radical (unpaired) electrons. The predicted octanol–water partition coefficient (Wildman–Crippen LogP) is 5.20. The molecule has 3 N–H and O–H groups in total. The monoisotopic (exact) mass is 473 g/mol. The Bertz CT molecular complexity index is 1120. The van der Waals surface area contributed by atoms with Gasteiger partial charge < -0.3 is 29.6 Å². The van der Waals surface area contributed by atoms with Crippen molar-refractivity contribution in [3.63, 3.8) is 0 Å². The highest BCUT2D eigenvalue weighted by molar-refractivity contribution is 7.14. The summed E-state index contributed by atoms with van der Waals surface area (Å²) in [6.45, 7) is 8.10. The van der Waals surface area contributed by atoms with E-state index < -0.39 is 11.1 Å². The second kappa shape index (κ2) is 10.2. The molecule has 0 saturated carbocycles. The number of nitrogens with one attached hydrogen (secondary N) is 2. The van der Waals surface area contributed by atoms with Gasteiger partial charge in [-0.05, 0) is 42.0 Å². The van der Waals surface area contributed by atoms with E-state index in [0.29, 0.717) is 24.6 Å². The summed E-state index contributed by atoms with van der Waals surface area (Å²) >= 11 is -1.80. The van der Waals surface area contributed by atoms with Crippen LogP contribution in [0.4, 0.5) is 17.3 Å². The standard InChI is InChI=1S/C23H31N5O4S/c1-7-14-9-10-17(20(29)19(14)23(30)28(5)6)25-22-21(26-33(31)27-22)24-16(8-2)18-11-15(12-32-18)13(3)4/h9-13,16,29H,7-8H2,1-6H3,(H,24,26)(H,25,27)/t16-,33?/m1/s1. The van der Waals surface area contributed by atoms with Gasteiger partial charge in [-0.1, -0.05) is 33.8 Å². The number of aromatic hydroxyl groups is 1. The lowest BCUT2D eigenvalue weighted by molar-refractivity contribution is 0.0823. The van der Waals surface area contributed by atoms with Crippen molar-refractivity contribution in [1.29, 1.82) is 0 Å². The first kappa shape index (κ1) is 24.5. The molecule has 178 valence electrons. The first-order valence-electron chi connectivity index (χ1n) is 10.9. The number of carbonyl (C=O) groups excluding carboxylic acids is 1. The predicted molar refractivity (Wildman–Crippen MR) is 129 cm³/mol. The molecule has 3 rings (SSSR count). The molecule has 0 spiro atoms. The quantitative estimate of drug-likeness (QED) is 0.286. The van der Waals surface area contributed by atoms with Crippen LogP contribution in [0.3, 0.4) is 0 Å².